The highest BCUT2D eigenvalue weighted by Gasteiger charge is 2.16. The maximum atomic E-state index is 11.0. The third-order valence-corrected chi connectivity index (χ3v) is 3.73. The molecule has 0 radical (unpaired) electrons. The molecule has 4 nitrogen and oxygen atoms in total. The zero-order valence-electron chi connectivity index (χ0n) is 9.44. The normalized spacial score (nSPS) is 13.6. The molecule has 0 aliphatic carbocycles. The molecular weight excluding hydrogens is 212 g/mol. The number of aliphatic hydroxyl groups excluding tert-OH is 1. The van der Waals surface area contributed by atoms with E-state index in [1.165, 1.54) is 0 Å². The van der Waals surface area contributed by atoms with Gasteiger partial charge in [-0.05, 0) is 26.0 Å². The summed E-state index contributed by atoms with van der Waals surface area (Å²) in [6.45, 7) is 8.29. The summed E-state index contributed by atoms with van der Waals surface area (Å²) in [4.78, 5) is 11.0. The van der Waals surface area contributed by atoms with Gasteiger partial charge in [-0.3, -0.25) is 4.79 Å². The van der Waals surface area contributed by atoms with Crippen LogP contribution in [0, 0.1) is 0 Å². The lowest BCUT2D eigenvalue weighted by molar-refractivity contribution is -0.121. The summed E-state index contributed by atoms with van der Waals surface area (Å²) in [6, 6.07) is 0.468. The fraction of sp³-hybridized carbons (Fsp3) is 0.700. The van der Waals surface area contributed by atoms with Gasteiger partial charge in [-0.1, -0.05) is 6.58 Å². The fourth-order valence-corrected chi connectivity index (χ4v) is 2.84. The molecular formula is C10H20O4Si. The minimum Gasteiger partial charge on any atom is -0.385 e. The average Bonchev–Trinajstić information content (AvgIpc) is 2.25. The van der Waals surface area contributed by atoms with E-state index in [0.717, 1.165) is 6.08 Å². The molecule has 0 aliphatic rings. The number of hydrogen-bond donors (Lipinski definition) is 1. The highest BCUT2D eigenvalue weighted by atomic mass is 28.2. The van der Waals surface area contributed by atoms with Crippen molar-refractivity contribution in [2.24, 2.45) is 0 Å². The quantitative estimate of drug-likeness (QED) is 0.347. The van der Waals surface area contributed by atoms with E-state index in [1.54, 1.807) is 0 Å². The van der Waals surface area contributed by atoms with Crippen molar-refractivity contribution in [3.63, 3.8) is 0 Å². The Balaban J connectivity index is 3.86. The van der Waals surface area contributed by atoms with Gasteiger partial charge < -0.3 is 14.6 Å². The van der Waals surface area contributed by atoms with E-state index >= 15 is 0 Å². The van der Waals surface area contributed by atoms with Crippen LogP contribution in [0.3, 0.4) is 0 Å². The molecule has 0 saturated heterocycles. The molecule has 0 aromatic carbocycles. The number of ether oxygens (including phenoxy) is 2. The second kappa shape index (κ2) is 8.79. The Kier molecular flexibility index (Phi) is 8.50. The van der Waals surface area contributed by atoms with Crippen molar-refractivity contribution in [2.75, 3.05) is 13.2 Å². The number of aliphatic hydroxyl groups is 1. The van der Waals surface area contributed by atoms with Crippen LogP contribution in [0.1, 0.15) is 13.8 Å². The summed E-state index contributed by atoms with van der Waals surface area (Å²) < 4.78 is 10.7. The van der Waals surface area contributed by atoms with Gasteiger partial charge in [0.1, 0.15) is 12.0 Å². The Hall–Kier alpha value is -0.493. The monoisotopic (exact) mass is 232 g/mol. The summed E-state index contributed by atoms with van der Waals surface area (Å²) in [5.74, 6) is -0.526. The van der Waals surface area contributed by atoms with Crippen molar-refractivity contribution >= 4 is 15.3 Å². The molecule has 0 heterocycles. The van der Waals surface area contributed by atoms with Crippen LogP contribution in [-0.2, 0) is 14.3 Å². The van der Waals surface area contributed by atoms with E-state index in [4.69, 9.17) is 9.47 Å². The molecule has 0 spiro atoms. The zero-order chi connectivity index (χ0) is 11.7. The van der Waals surface area contributed by atoms with E-state index < -0.39 is 15.6 Å². The SMILES string of the molecule is C=CC(=O)C(O)C[SiH2]C(OCC)OCC. The molecule has 88 valence electrons. The minimum absolute atomic E-state index is 0.202. The fourth-order valence-electron chi connectivity index (χ4n) is 1.16. The van der Waals surface area contributed by atoms with Crippen LogP contribution in [0.15, 0.2) is 12.7 Å². The maximum absolute atomic E-state index is 11.0. The van der Waals surface area contributed by atoms with Crippen molar-refractivity contribution < 1.29 is 19.4 Å². The van der Waals surface area contributed by atoms with Gasteiger partial charge in [0.05, 0.1) is 9.52 Å². The van der Waals surface area contributed by atoms with E-state index in [-0.39, 0.29) is 11.7 Å². The van der Waals surface area contributed by atoms with Crippen LogP contribution in [0.5, 0.6) is 0 Å². The van der Waals surface area contributed by atoms with Crippen LogP contribution in [0.25, 0.3) is 0 Å². The van der Waals surface area contributed by atoms with E-state index in [0.29, 0.717) is 19.3 Å². The first-order chi connectivity index (χ1) is 7.15. The molecule has 15 heavy (non-hydrogen) atoms. The predicted octanol–water partition coefficient (Wildman–Crippen LogP) is 0.0461. The average molecular weight is 232 g/mol. The lowest BCUT2D eigenvalue weighted by Crippen LogP contribution is -2.29. The number of ketones is 1. The van der Waals surface area contributed by atoms with E-state index in [9.17, 15) is 9.90 Å². The molecule has 0 aromatic heterocycles. The van der Waals surface area contributed by atoms with E-state index in [2.05, 4.69) is 6.58 Å². The van der Waals surface area contributed by atoms with Crippen LogP contribution < -0.4 is 0 Å². The summed E-state index contributed by atoms with van der Waals surface area (Å²) in [7, 11) is -0.759. The zero-order valence-corrected chi connectivity index (χ0v) is 10.9. The number of rotatable bonds is 9. The first-order valence-electron chi connectivity index (χ1n) is 5.23. The Labute approximate surface area is 93.1 Å². The first kappa shape index (κ1) is 14.5. The molecule has 5 heteroatoms. The second-order valence-electron chi connectivity index (χ2n) is 3.04. The van der Waals surface area contributed by atoms with Crippen molar-refractivity contribution in [3.05, 3.63) is 12.7 Å². The lowest BCUT2D eigenvalue weighted by atomic mass is 10.2. The summed E-state index contributed by atoms with van der Waals surface area (Å²) in [5.41, 5.74) is 0. The highest BCUT2D eigenvalue weighted by molar-refractivity contribution is 6.37. The Morgan fingerprint density at radius 2 is 2.00 bits per heavy atom. The summed E-state index contributed by atoms with van der Waals surface area (Å²) in [6.07, 6.45) is 0.215. The molecule has 0 amide bonds. The van der Waals surface area contributed by atoms with Crippen LogP contribution in [0.2, 0.25) is 6.04 Å². The number of carbonyl (C=O) groups excluding carboxylic acids is 1. The molecule has 1 atom stereocenters. The topological polar surface area (TPSA) is 55.8 Å². The van der Waals surface area contributed by atoms with Gasteiger partial charge in [0, 0.05) is 13.2 Å². The first-order valence-corrected chi connectivity index (χ1v) is 7.04. The highest BCUT2D eigenvalue weighted by Crippen LogP contribution is 2.01. The standard InChI is InChI=1S/C10H20O4Si/c1-4-8(11)9(12)7-15-10(13-5-2)14-6-3/h4,9-10,12H,1,5-7,15H2,2-3H3. The van der Waals surface area contributed by atoms with Gasteiger partial charge >= 0.3 is 0 Å². The van der Waals surface area contributed by atoms with Crippen molar-refractivity contribution in [3.8, 4) is 0 Å². The molecule has 1 unspecified atom stereocenters. The lowest BCUT2D eigenvalue weighted by Gasteiger charge is -2.17. The van der Waals surface area contributed by atoms with Gasteiger partial charge in [0.25, 0.3) is 0 Å². The minimum atomic E-state index is -0.933. The van der Waals surface area contributed by atoms with Crippen LogP contribution in [0.4, 0.5) is 0 Å². The maximum Gasteiger partial charge on any atom is 0.183 e. The van der Waals surface area contributed by atoms with Crippen molar-refractivity contribution in [1.29, 1.82) is 0 Å². The molecule has 0 fully saturated rings. The smallest absolute Gasteiger partial charge is 0.183 e. The van der Waals surface area contributed by atoms with Gasteiger partial charge in [-0.15, -0.1) is 0 Å². The van der Waals surface area contributed by atoms with Gasteiger partial charge in [0.2, 0.25) is 0 Å². The summed E-state index contributed by atoms with van der Waals surface area (Å²) in [5, 5.41) is 9.41. The third kappa shape index (κ3) is 6.56. The van der Waals surface area contributed by atoms with Gasteiger partial charge in [-0.2, -0.15) is 0 Å². The largest absolute Gasteiger partial charge is 0.385 e. The Morgan fingerprint density at radius 3 is 2.40 bits per heavy atom. The third-order valence-electron chi connectivity index (χ3n) is 1.91. The van der Waals surface area contributed by atoms with Crippen LogP contribution in [-0.4, -0.2) is 45.6 Å². The molecule has 0 bridgehead atoms. The van der Waals surface area contributed by atoms with E-state index in [1.807, 2.05) is 13.8 Å². The Morgan fingerprint density at radius 1 is 1.47 bits per heavy atom. The van der Waals surface area contributed by atoms with Gasteiger partial charge in [-0.25, -0.2) is 0 Å². The molecule has 0 rings (SSSR count). The van der Waals surface area contributed by atoms with Crippen molar-refractivity contribution in [2.45, 2.75) is 31.9 Å². The Bertz CT molecular complexity index is 190. The van der Waals surface area contributed by atoms with Crippen LogP contribution >= 0.6 is 0 Å². The molecule has 0 aliphatic heterocycles. The van der Waals surface area contributed by atoms with Crippen molar-refractivity contribution in [1.82, 2.24) is 0 Å². The molecule has 1 N–H and O–H groups in total. The second-order valence-corrected chi connectivity index (χ2v) is 4.86. The predicted molar refractivity (Wildman–Crippen MR) is 61.6 cm³/mol. The van der Waals surface area contributed by atoms with Gasteiger partial charge in [0.15, 0.2) is 5.78 Å². The number of carbonyl (C=O) groups is 1. The molecule has 0 aromatic rings. The summed E-state index contributed by atoms with van der Waals surface area (Å²) >= 11 is 0. The number of hydrogen-bond acceptors (Lipinski definition) is 4. The molecule has 0 saturated carbocycles.